The van der Waals surface area contributed by atoms with E-state index in [2.05, 4.69) is 16.7 Å². The summed E-state index contributed by atoms with van der Waals surface area (Å²) in [4.78, 5) is 12.0. The number of carbonyl (C=O) groups is 1. The van der Waals surface area contributed by atoms with Gasteiger partial charge in [-0.2, -0.15) is 0 Å². The fourth-order valence-electron chi connectivity index (χ4n) is 3.15. The van der Waals surface area contributed by atoms with E-state index < -0.39 is 0 Å². The van der Waals surface area contributed by atoms with Crippen molar-refractivity contribution in [1.82, 2.24) is 5.32 Å². The number of allylic oxidation sites excluding steroid dienone is 1. The van der Waals surface area contributed by atoms with Crippen LogP contribution in [0.15, 0.2) is 48.7 Å². The highest BCUT2D eigenvalue weighted by atomic mass is 16.3. The lowest BCUT2D eigenvalue weighted by atomic mass is 9.89. The van der Waals surface area contributed by atoms with Gasteiger partial charge in [-0.25, -0.2) is 4.79 Å². The summed E-state index contributed by atoms with van der Waals surface area (Å²) in [7, 11) is 0. The van der Waals surface area contributed by atoms with Crippen LogP contribution in [-0.2, 0) is 0 Å². The number of aromatic hydroxyl groups is 1. The van der Waals surface area contributed by atoms with Crippen LogP contribution >= 0.6 is 0 Å². The van der Waals surface area contributed by atoms with Gasteiger partial charge in [0.15, 0.2) is 0 Å². The van der Waals surface area contributed by atoms with Gasteiger partial charge in [0.25, 0.3) is 0 Å². The van der Waals surface area contributed by atoms with E-state index in [1.54, 1.807) is 18.3 Å². The van der Waals surface area contributed by atoms with Crippen molar-refractivity contribution in [1.29, 1.82) is 0 Å². The predicted octanol–water partition coefficient (Wildman–Crippen LogP) is 4.76. The van der Waals surface area contributed by atoms with E-state index in [9.17, 15) is 9.90 Å². The summed E-state index contributed by atoms with van der Waals surface area (Å²) in [5.74, 6) is 0.794. The minimum atomic E-state index is -0.270. The van der Waals surface area contributed by atoms with Crippen molar-refractivity contribution in [2.75, 3.05) is 5.32 Å². The maximum atomic E-state index is 12.0. The van der Waals surface area contributed by atoms with Crippen LogP contribution in [0.1, 0.15) is 32.1 Å². The Labute approximate surface area is 136 Å². The molecule has 0 unspecified atom stereocenters. The zero-order valence-electron chi connectivity index (χ0n) is 13.1. The Morgan fingerprint density at radius 3 is 2.61 bits per heavy atom. The van der Waals surface area contributed by atoms with Gasteiger partial charge in [0.1, 0.15) is 5.75 Å². The molecule has 120 valence electrons. The van der Waals surface area contributed by atoms with E-state index in [4.69, 9.17) is 0 Å². The molecule has 0 radical (unpaired) electrons. The van der Waals surface area contributed by atoms with Crippen LogP contribution in [0, 0.1) is 5.92 Å². The van der Waals surface area contributed by atoms with E-state index in [1.165, 1.54) is 32.1 Å². The fourth-order valence-corrected chi connectivity index (χ4v) is 3.15. The molecule has 1 saturated carbocycles. The number of hydrogen-bond acceptors (Lipinski definition) is 2. The molecule has 23 heavy (non-hydrogen) atoms. The van der Waals surface area contributed by atoms with E-state index in [1.807, 2.05) is 24.3 Å². The van der Waals surface area contributed by atoms with Crippen LogP contribution in [-0.4, -0.2) is 11.1 Å². The zero-order valence-corrected chi connectivity index (χ0v) is 13.1. The first-order valence-corrected chi connectivity index (χ1v) is 8.19. The van der Waals surface area contributed by atoms with Crippen molar-refractivity contribution in [3.05, 3.63) is 48.7 Å². The third-order valence-electron chi connectivity index (χ3n) is 4.38. The molecule has 0 aliphatic heterocycles. The quantitative estimate of drug-likeness (QED) is 0.765. The molecule has 4 nitrogen and oxygen atoms in total. The average Bonchev–Trinajstić information content (AvgIpc) is 2.57. The molecule has 2 aromatic carbocycles. The van der Waals surface area contributed by atoms with Gasteiger partial charge in [0.05, 0.1) is 5.69 Å². The van der Waals surface area contributed by atoms with Gasteiger partial charge < -0.3 is 15.7 Å². The number of phenolic OH excluding ortho intramolecular Hbond substituents is 1. The lowest BCUT2D eigenvalue weighted by Gasteiger charge is -2.17. The molecule has 4 heteroatoms. The molecule has 2 amide bonds. The molecule has 1 aliphatic rings. The number of nitrogens with one attached hydrogen (secondary N) is 2. The Morgan fingerprint density at radius 2 is 1.78 bits per heavy atom. The van der Waals surface area contributed by atoms with Gasteiger partial charge in [-0.3, -0.25) is 0 Å². The van der Waals surface area contributed by atoms with Gasteiger partial charge in [-0.05, 0) is 30.9 Å². The van der Waals surface area contributed by atoms with Crippen molar-refractivity contribution < 1.29 is 9.90 Å². The minimum absolute atomic E-state index is 0.212. The molecule has 0 spiro atoms. The maximum Gasteiger partial charge on any atom is 0.323 e. The number of phenols is 1. The van der Waals surface area contributed by atoms with E-state index in [0.29, 0.717) is 11.6 Å². The maximum absolute atomic E-state index is 12.0. The lowest BCUT2D eigenvalue weighted by molar-refractivity contribution is 0.255. The molecule has 2 aromatic rings. The highest BCUT2D eigenvalue weighted by Gasteiger charge is 2.10. The molecule has 0 atom stereocenters. The van der Waals surface area contributed by atoms with Crippen LogP contribution in [0.2, 0.25) is 0 Å². The number of fused-ring (bicyclic) bond motifs is 1. The molecule has 0 heterocycles. The van der Waals surface area contributed by atoms with Gasteiger partial charge >= 0.3 is 6.03 Å². The number of benzene rings is 2. The van der Waals surface area contributed by atoms with Crippen molar-refractivity contribution in [2.45, 2.75) is 32.1 Å². The number of amides is 2. The summed E-state index contributed by atoms with van der Waals surface area (Å²) >= 11 is 0. The van der Waals surface area contributed by atoms with Crippen LogP contribution in [0.3, 0.4) is 0 Å². The van der Waals surface area contributed by atoms with Crippen molar-refractivity contribution in [2.24, 2.45) is 5.92 Å². The van der Waals surface area contributed by atoms with Gasteiger partial charge in [0.2, 0.25) is 0 Å². The molecule has 0 aromatic heterocycles. The smallest absolute Gasteiger partial charge is 0.323 e. The number of anilines is 1. The molecular weight excluding hydrogens is 288 g/mol. The first-order chi connectivity index (χ1) is 11.2. The van der Waals surface area contributed by atoms with Crippen molar-refractivity contribution in [3.8, 4) is 5.75 Å². The van der Waals surface area contributed by atoms with Crippen LogP contribution in [0.5, 0.6) is 5.75 Å². The average molecular weight is 310 g/mol. The molecule has 3 N–H and O–H groups in total. The lowest BCUT2D eigenvalue weighted by Crippen LogP contribution is -2.24. The summed E-state index contributed by atoms with van der Waals surface area (Å²) in [5, 5.41) is 17.0. The molecular formula is C19H22N2O2. The predicted molar refractivity (Wildman–Crippen MR) is 93.5 cm³/mol. The Kier molecular flexibility index (Phi) is 4.81. The molecule has 0 saturated heterocycles. The third kappa shape index (κ3) is 3.83. The second kappa shape index (κ2) is 7.18. The van der Waals surface area contributed by atoms with Crippen LogP contribution in [0.4, 0.5) is 10.5 Å². The van der Waals surface area contributed by atoms with Gasteiger partial charge in [-0.15, -0.1) is 0 Å². The third-order valence-corrected chi connectivity index (χ3v) is 4.38. The molecule has 1 fully saturated rings. The summed E-state index contributed by atoms with van der Waals surface area (Å²) in [5.41, 5.74) is 0.682. The highest BCUT2D eigenvalue weighted by molar-refractivity contribution is 6.03. The molecule has 1 aliphatic carbocycles. The standard InChI is InChI=1S/C19H22N2O2/c22-18-11-5-8-15-16(18)9-4-10-17(15)21-19(23)20-13-12-14-6-2-1-3-7-14/h4-5,8-14,22H,1-3,6-7H2,(H2,20,21,23)/b13-12+. The van der Waals surface area contributed by atoms with E-state index in [-0.39, 0.29) is 11.8 Å². The Balaban J connectivity index is 1.64. The molecule has 3 rings (SSSR count). The first-order valence-electron chi connectivity index (χ1n) is 8.19. The van der Waals surface area contributed by atoms with Crippen LogP contribution < -0.4 is 10.6 Å². The van der Waals surface area contributed by atoms with Crippen molar-refractivity contribution >= 4 is 22.5 Å². The Morgan fingerprint density at radius 1 is 1.04 bits per heavy atom. The number of urea groups is 1. The second-order valence-electron chi connectivity index (χ2n) is 6.03. The van der Waals surface area contributed by atoms with Crippen LogP contribution in [0.25, 0.3) is 10.8 Å². The largest absolute Gasteiger partial charge is 0.507 e. The Hall–Kier alpha value is -2.49. The van der Waals surface area contributed by atoms with E-state index >= 15 is 0 Å². The molecule has 0 bridgehead atoms. The van der Waals surface area contributed by atoms with Crippen molar-refractivity contribution in [3.63, 3.8) is 0 Å². The SMILES string of the molecule is O=C(N/C=C/C1CCCCC1)Nc1cccc2c(O)cccc12. The summed E-state index contributed by atoms with van der Waals surface area (Å²) in [6.45, 7) is 0. The first kappa shape index (κ1) is 15.4. The number of rotatable bonds is 3. The Bertz CT molecular complexity index is 718. The zero-order chi connectivity index (χ0) is 16.1. The van der Waals surface area contributed by atoms with Gasteiger partial charge in [0, 0.05) is 17.0 Å². The summed E-state index contributed by atoms with van der Waals surface area (Å²) < 4.78 is 0. The monoisotopic (exact) mass is 310 g/mol. The normalized spacial score (nSPS) is 15.8. The second-order valence-corrected chi connectivity index (χ2v) is 6.03. The topological polar surface area (TPSA) is 61.4 Å². The fraction of sp³-hybridized carbons (Fsp3) is 0.316. The number of carbonyl (C=O) groups excluding carboxylic acids is 1. The number of hydrogen-bond donors (Lipinski definition) is 3. The summed E-state index contributed by atoms with van der Waals surface area (Å²) in [6, 6.07) is 10.5. The van der Waals surface area contributed by atoms with E-state index in [0.717, 1.165) is 10.8 Å². The summed E-state index contributed by atoms with van der Waals surface area (Å²) in [6.07, 6.45) is 10.1. The highest BCUT2D eigenvalue weighted by Crippen LogP contribution is 2.29. The van der Waals surface area contributed by atoms with Gasteiger partial charge in [-0.1, -0.05) is 49.6 Å². The minimum Gasteiger partial charge on any atom is -0.507 e.